The van der Waals surface area contributed by atoms with Crippen molar-refractivity contribution >= 4 is 97.1 Å². The summed E-state index contributed by atoms with van der Waals surface area (Å²) < 4.78 is 12.3. The number of alkyl halides is 2. The van der Waals surface area contributed by atoms with E-state index in [0.717, 1.165) is 0 Å². The summed E-state index contributed by atoms with van der Waals surface area (Å²) >= 11 is 34.2. The molecule has 176 valence electrons. The van der Waals surface area contributed by atoms with E-state index in [2.05, 4.69) is 26.6 Å². The van der Waals surface area contributed by atoms with Gasteiger partial charge in [0, 0.05) is 27.3 Å². The molecule has 0 radical (unpaired) electrons. The number of amides is 2. The first kappa shape index (κ1) is 25.5. The van der Waals surface area contributed by atoms with Crippen molar-refractivity contribution < 1.29 is 14.0 Å². The van der Waals surface area contributed by atoms with Crippen LogP contribution in [-0.2, 0) is 4.79 Å². The van der Waals surface area contributed by atoms with Crippen molar-refractivity contribution in [1.82, 2.24) is 0 Å². The molecule has 2 amide bonds. The van der Waals surface area contributed by atoms with Crippen LogP contribution in [0.4, 0.5) is 15.8 Å². The Labute approximate surface area is 227 Å². The maximum atomic E-state index is 13.4. The van der Waals surface area contributed by atoms with Crippen LogP contribution in [0.2, 0.25) is 15.1 Å². The molecule has 0 bridgehead atoms. The number of hydrogen-bond donors (Lipinski definition) is 2. The molecule has 11 heteroatoms. The van der Waals surface area contributed by atoms with Gasteiger partial charge in [-0.3, -0.25) is 9.59 Å². The summed E-state index contributed by atoms with van der Waals surface area (Å²) in [4.78, 5) is 25.7. The summed E-state index contributed by atoms with van der Waals surface area (Å²) in [5, 5.41) is 6.33. The number of carbonyl (C=O) groups is 2. The third-order valence-electron chi connectivity index (χ3n) is 5.24. The molecule has 0 heterocycles. The first-order chi connectivity index (χ1) is 16.0. The van der Waals surface area contributed by atoms with Gasteiger partial charge in [0.25, 0.3) is 5.91 Å². The molecule has 0 aromatic heterocycles. The molecule has 3 aromatic carbocycles. The number of hydrogen-bond acceptors (Lipinski definition) is 2. The second kappa shape index (κ2) is 9.84. The van der Waals surface area contributed by atoms with Crippen LogP contribution in [0.1, 0.15) is 21.8 Å². The van der Waals surface area contributed by atoms with Crippen LogP contribution in [0.25, 0.3) is 0 Å². The van der Waals surface area contributed by atoms with E-state index in [0.29, 0.717) is 27.0 Å². The Bertz CT molecular complexity index is 1300. The third kappa shape index (κ3) is 5.32. The van der Waals surface area contributed by atoms with Gasteiger partial charge in [-0.25, -0.2) is 4.39 Å². The molecular formula is C23H13BrCl5FN2O2. The van der Waals surface area contributed by atoms with Crippen molar-refractivity contribution in [2.75, 3.05) is 10.6 Å². The fourth-order valence-corrected chi connectivity index (χ4v) is 5.55. The van der Waals surface area contributed by atoms with E-state index >= 15 is 0 Å². The predicted octanol–water partition coefficient (Wildman–Crippen LogP) is 8.33. The average Bonchev–Trinajstić information content (AvgIpc) is 3.33. The Hall–Kier alpha value is -1.54. The van der Waals surface area contributed by atoms with Gasteiger partial charge in [-0.1, -0.05) is 34.8 Å². The van der Waals surface area contributed by atoms with Crippen LogP contribution >= 0.6 is 73.9 Å². The minimum atomic E-state index is -1.35. The van der Waals surface area contributed by atoms with Gasteiger partial charge >= 0.3 is 0 Å². The first-order valence-electron chi connectivity index (χ1n) is 9.68. The number of benzene rings is 3. The number of halogens is 7. The van der Waals surface area contributed by atoms with E-state index in [9.17, 15) is 14.0 Å². The van der Waals surface area contributed by atoms with Gasteiger partial charge in [0.2, 0.25) is 5.91 Å². The topological polar surface area (TPSA) is 58.2 Å². The molecular weight excluding hydrogens is 612 g/mol. The lowest BCUT2D eigenvalue weighted by atomic mass is 10.1. The SMILES string of the molecule is O=C(Nc1ccc(F)c(Br)c1)c1cc(NC(=O)[C@H]2[C@H](c3cc(Cl)cc(Cl)c3)C2(Cl)Cl)ccc1Cl. The van der Waals surface area contributed by atoms with Crippen LogP contribution in [0.15, 0.2) is 59.1 Å². The number of anilines is 2. The van der Waals surface area contributed by atoms with Crippen LogP contribution in [0.5, 0.6) is 0 Å². The van der Waals surface area contributed by atoms with Crippen molar-refractivity contribution in [2.24, 2.45) is 5.92 Å². The van der Waals surface area contributed by atoms with Crippen molar-refractivity contribution in [1.29, 1.82) is 0 Å². The van der Waals surface area contributed by atoms with E-state index in [1.165, 1.54) is 30.3 Å². The molecule has 2 atom stereocenters. The molecule has 34 heavy (non-hydrogen) atoms. The van der Waals surface area contributed by atoms with E-state index in [4.69, 9.17) is 58.0 Å². The second-order valence-corrected chi connectivity index (χ2v) is 11.2. The highest BCUT2D eigenvalue weighted by Gasteiger charge is 2.67. The van der Waals surface area contributed by atoms with Gasteiger partial charge in [-0.05, 0) is 76.1 Å². The van der Waals surface area contributed by atoms with E-state index in [1.54, 1.807) is 24.3 Å². The molecule has 4 rings (SSSR count). The minimum absolute atomic E-state index is 0.108. The van der Waals surface area contributed by atoms with Crippen LogP contribution in [-0.4, -0.2) is 16.1 Å². The Morgan fingerprint density at radius 3 is 2.15 bits per heavy atom. The third-order valence-corrected chi connectivity index (χ3v) is 7.55. The zero-order valence-electron chi connectivity index (χ0n) is 16.8. The highest BCUT2D eigenvalue weighted by molar-refractivity contribution is 9.10. The predicted molar refractivity (Wildman–Crippen MR) is 139 cm³/mol. The summed E-state index contributed by atoms with van der Waals surface area (Å²) in [6.07, 6.45) is 0. The zero-order valence-corrected chi connectivity index (χ0v) is 22.2. The van der Waals surface area contributed by atoms with Crippen LogP contribution in [0, 0.1) is 11.7 Å². The van der Waals surface area contributed by atoms with Gasteiger partial charge in [-0.15, -0.1) is 23.2 Å². The first-order valence-corrected chi connectivity index (χ1v) is 12.4. The Morgan fingerprint density at radius 2 is 1.50 bits per heavy atom. The molecule has 2 N–H and O–H groups in total. The number of rotatable bonds is 5. The van der Waals surface area contributed by atoms with Gasteiger partial charge in [-0.2, -0.15) is 0 Å². The fraction of sp³-hybridized carbons (Fsp3) is 0.130. The fourth-order valence-electron chi connectivity index (χ4n) is 3.59. The highest BCUT2D eigenvalue weighted by atomic mass is 79.9. The molecule has 0 spiro atoms. The van der Waals surface area contributed by atoms with Crippen molar-refractivity contribution in [2.45, 2.75) is 10.3 Å². The number of carbonyl (C=O) groups excluding carboxylic acids is 2. The van der Waals surface area contributed by atoms with Crippen LogP contribution < -0.4 is 10.6 Å². The van der Waals surface area contributed by atoms with Crippen molar-refractivity contribution in [3.63, 3.8) is 0 Å². The van der Waals surface area contributed by atoms with E-state index < -0.39 is 33.8 Å². The Morgan fingerprint density at radius 1 is 0.882 bits per heavy atom. The summed E-state index contributed by atoms with van der Waals surface area (Å²) in [6, 6.07) is 13.4. The lowest BCUT2D eigenvalue weighted by molar-refractivity contribution is -0.117. The highest BCUT2D eigenvalue weighted by Crippen LogP contribution is 2.65. The quantitative estimate of drug-likeness (QED) is 0.280. The summed E-state index contributed by atoms with van der Waals surface area (Å²) in [5.74, 6) is -2.73. The molecule has 1 saturated carbocycles. The van der Waals surface area contributed by atoms with Gasteiger partial charge in [0.1, 0.15) is 10.2 Å². The Kier molecular flexibility index (Phi) is 7.40. The van der Waals surface area contributed by atoms with Crippen molar-refractivity contribution in [3.8, 4) is 0 Å². The zero-order chi connectivity index (χ0) is 24.8. The summed E-state index contributed by atoms with van der Waals surface area (Å²) in [7, 11) is 0. The molecule has 1 aliphatic carbocycles. The molecule has 0 aliphatic heterocycles. The van der Waals surface area contributed by atoms with E-state index in [-0.39, 0.29) is 15.1 Å². The lowest BCUT2D eigenvalue weighted by Crippen LogP contribution is -2.18. The maximum absolute atomic E-state index is 13.4. The second-order valence-electron chi connectivity index (χ2n) is 7.60. The molecule has 4 nitrogen and oxygen atoms in total. The normalized spacial score (nSPS) is 18.3. The average molecular weight is 626 g/mol. The summed E-state index contributed by atoms with van der Waals surface area (Å²) in [5.41, 5.74) is 1.43. The molecule has 1 fully saturated rings. The van der Waals surface area contributed by atoms with Gasteiger partial charge < -0.3 is 10.6 Å². The van der Waals surface area contributed by atoms with Gasteiger partial charge in [0.05, 0.1) is 21.0 Å². The largest absolute Gasteiger partial charge is 0.326 e. The standard InChI is InChI=1S/C23H13BrCl5FN2O2/c24-16-9-14(2-4-18(16)30)31-21(33)15-8-13(1-3-17(15)27)32-22(34)20-19(23(20,28)29)10-5-11(25)7-12(26)6-10/h1-9,19-20H,(H,31,33)(H,32,34)/t19-,20+/m0/s1. The smallest absolute Gasteiger partial charge is 0.257 e. The lowest BCUT2D eigenvalue weighted by Gasteiger charge is -2.11. The Balaban J connectivity index is 1.51. The maximum Gasteiger partial charge on any atom is 0.257 e. The molecule has 3 aromatic rings. The van der Waals surface area contributed by atoms with Crippen molar-refractivity contribution in [3.05, 3.63) is 91.1 Å². The van der Waals surface area contributed by atoms with Gasteiger partial charge in [0.15, 0.2) is 0 Å². The number of nitrogens with one attached hydrogen (secondary N) is 2. The molecule has 0 saturated heterocycles. The van der Waals surface area contributed by atoms with E-state index in [1.807, 2.05) is 0 Å². The minimum Gasteiger partial charge on any atom is -0.326 e. The monoisotopic (exact) mass is 622 g/mol. The van der Waals surface area contributed by atoms with Crippen LogP contribution in [0.3, 0.4) is 0 Å². The molecule has 0 unspecified atom stereocenters. The summed E-state index contributed by atoms with van der Waals surface area (Å²) in [6.45, 7) is 0. The molecule has 1 aliphatic rings.